The van der Waals surface area contributed by atoms with E-state index in [0.29, 0.717) is 4.32 Å². The molecule has 1 saturated heterocycles. The fraction of sp³-hybridized carbons (Fsp3) is 0.429. The minimum Gasteiger partial charge on any atom is -0.357 e. The van der Waals surface area contributed by atoms with Crippen LogP contribution in [0.3, 0.4) is 0 Å². The predicted molar refractivity (Wildman–Crippen MR) is 93.0 cm³/mol. The number of hydrogen-bond donors (Lipinski definition) is 0. The zero-order valence-corrected chi connectivity index (χ0v) is 14.3. The first-order chi connectivity index (χ1) is 11.4. The van der Waals surface area contributed by atoms with Crippen molar-refractivity contribution in [2.75, 3.05) is 13.1 Å². The Morgan fingerprint density at radius 2 is 1.79 bits per heavy atom. The quantitative estimate of drug-likeness (QED) is 0.345. The molecular weight excluding hydrogens is 352 g/mol. The maximum atomic E-state index is 11.3. The van der Waals surface area contributed by atoms with Crippen molar-refractivity contribution in [1.29, 1.82) is 5.26 Å². The van der Waals surface area contributed by atoms with Gasteiger partial charge in [0.15, 0.2) is 0 Å². The van der Waals surface area contributed by atoms with Crippen molar-refractivity contribution in [1.82, 2.24) is 4.90 Å². The molecule has 0 amide bonds. The highest BCUT2D eigenvalue weighted by molar-refractivity contribution is 8.23. The molecule has 0 spiro atoms. The number of thioether (sulfide) groups is 1. The fourth-order valence-corrected chi connectivity index (χ4v) is 3.81. The molecule has 0 aliphatic carbocycles. The number of nitro benzene ring substituents is 2. The summed E-state index contributed by atoms with van der Waals surface area (Å²) >= 11 is 6.33. The van der Waals surface area contributed by atoms with Crippen LogP contribution >= 0.6 is 24.0 Å². The van der Waals surface area contributed by atoms with E-state index >= 15 is 0 Å². The third-order valence-corrected chi connectivity index (χ3v) is 5.21. The van der Waals surface area contributed by atoms with Gasteiger partial charge in [-0.2, -0.15) is 5.26 Å². The number of non-ortho nitro benzene ring substituents is 1. The van der Waals surface area contributed by atoms with E-state index < -0.39 is 21.2 Å². The molecular formula is C14H14N4O4S2. The molecule has 0 aromatic heterocycles. The zero-order chi connectivity index (χ0) is 17.7. The molecule has 1 heterocycles. The van der Waals surface area contributed by atoms with Gasteiger partial charge in [-0.15, -0.1) is 0 Å². The Balaban J connectivity index is 2.37. The van der Waals surface area contributed by atoms with E-state index in [1.165, 1.54) is 0 Å². The van der Waals surface area contributed by atoms with Crippen molar-refractivity contribution in [2.24, 2.45) is 0 Å². The van der Waals surface area contributed by atoms with E-state index in [0.717, 1.165) is 62.7 Å². The lowest BCUT2D eigenvalue weighted by Crippen LogP contribution is -2.28. The normalized spacial score (nSPS) is 14.5. The number of nitro groups is 2. The van der Waals surface area contributed by atoms with E-state index in [1.54, 1.807) is 6.07 Å². The second-order valence-corrected chi connectivity index (χ2v) is 6.88. The van der Waals surface area contributed by atoms with E-state index in [1.807, 2.05) is 4.90 Å². The third-order valence-electron chi connectivity index (χ3n) is 3.64. The van der Waals surface area contributed by atoms with Gasteiger partial charge in [-0.3, -0.25) is 20.2 Å². The van der Waals surface area contributed by atoms with E-state index in [4.69, 9.17) is 12.2 Å². The number of rotatable bonds is 3. The summed E-state index contributed by atoms with van der Waals surface area (Å²) < 4.78 is 0.449. The molecule has 1 aliphatic heterocycles. The molecule has 1 fully saturated rings. The summed E-state index contributed by atoms with van der Waals surface area (Å²) in [5.74, 6) is 0. The largest absolute Gasteiger partial charge is 0.357 e. The second-order valence-electron chi connectivity index (χ2n) is 5.24. The summed E-state index contributed by atoms with van der Waals surface area (Å²) in [7, 11) is 0. The van der Waals surface area contributed by atoms with Crippen molar-refractivity contribution >= 4 is 39.7 Å². The molecule has 1 aromatic rings. The number of benzene rings is 1. The predicted octanol–water partition coefficient (Wildman–Crippen LogP) is 3.63. The average molecular weight is 366 g/mol. The first-order valence-corrected chi connectivity index (χ1v) is 8.50. The van der Waals surface area contributed by atoms with Crippen molar-refractivity contribution in [2.45, 2.75) is 30.6 Å². The maximum Gasteiger partial charge on any atom is 0.291 e. The SMILES string of the molecule is N#Cc1cc([N+](=O)[O-])cc([N+](=O)[O-])c1SC(=S)N1CCCCCC1. The van der Waals surface area contributed by atoms with E-state index in [9.17, 15) is 25.5 Å². The van der Waals surface area contributed by atoms with Gasteiger partial charge in [-0.1, -0.05) is 36.8 Å². The number of likely N-dealkylation sites (tertiary alicyclic amines) is 1. The van der Waals surface area contributed by atoms with Gasteiger partial charge in [0, 0.05) is 19.2 Å². The summed E-state index contributed by atoms with van der Waals surface area (Å²) in [6, 6.07) is 3.71. The molecule has 0 N–H and O–H groups in total. The number of nitriles is 1. The van der Waals surface area contributed by atoms with Gasteiger partial charge < -0.3 is 4.90 Å². The molecule has 0 unspecified atom stereocenters. The standard InChI is InChI=1S/C14H14N4O4S2/c15-9-10-7-11(17(19)20)8-12(18(21)22)13(10)24-14(23)16-5-3-1-2-4-6-16/h7-8H,1-6H2. The van der Waals surface area contributed by atoms with Crippen molar-refractivity contribution in [3.63, 3.8) is 0 Å². The van der Waals surface area contributed by atoms with Crippen LogP contribution in [0.25, 0.3) is 0 Å². The van der Waals surface area contributed by atoms with Gasteiger partial charge in [-0.25, -0.2) is 0 Å². The fourth-order valence-electron chi connectivity index (χ4n) is 2.44. The van der Waals surface area contributed by atoms with Gasteiger partial charge in [0.05, 0.1) is 21.5 Å². The maximum absolute atomic E-state index is 11.3. The minimum absolute atomic E-state index is 0.0577. The van der Waals surface area contributed by atoms with Crippen molar-refractivity contribution < 1.29 is 9.85 Å². The highest BCUT2D eigenvalue weighted by Crippen LogP contribution is 2.37. The Morgan fingerprint density at radius 1 is 1.17 bits per heavy atom. The minimum atomic E-state index is -0.755. The summed E-state index contributed by atoms with van der Waals surface area (Å²) in [5.41, 5.74) is -1.07. The van der Waals surface area contributed by atoms with Crippen LogP contribution in [0.4, 0.5) is 11.4 Å². The molecule has 0 atom stereocenters. The lowest BCUT2D eigenvalue weighted by atomic mass is 10.2. The molecule has 8 nitrogen and oxygen atoms in total. The Morgan fingerprint density at radius 3 is 2.29 bits per heavy atom. The molecule has 24 heavy (non-hydrogen) atoms. The first-order valence-electron chi connectivity index (χ1n) is 7.27. The molecule has 0 saturated carbocycles. The molecule has 10 heteroatoms. The van der Waals surface area contributed by atoms with Gasteiger partial charge in [-0.05, 0) is 12.8 Å². The summed E-state index contributed by atoms with van der Waals surface area (Å²) in [5, 5.41) is 31.4. The van der Waals surface area contributed by atoms with Crippen LogP contribution in [0.5, 0.6) is 0 Å². The Labute approximate surface area is 147 Å². The number of thiocarbonyl (C=S) groups is 1. The van der Waals surface area contributed by atoms with Gasteiger partial charge >= 0.3 is 0 Å². The summed E-state index contributed by atoms with van der Waals surface area (Å²) in [6.45, 7) is 1.54. The summed E-state index contributed by atoms with van der Waals surface area (Å²) in [4.78, 5) is 22.7. The Hall–Kier alpha value is -2.25. The van der Waals surface area contributed by atoms with Crippen LogP contribution in [0, 0.1) is 31.6 Å². The molecule has 1 aliphatic rings. The lowest BCUT2D eigenvalue weighted by molar-refractivity contribution is -0.396. The van der Waals surface area contributed by atoms with Crippen LogP contribution in [-0.4, -0.2) is 32.2 Å². The Kier molecular flexibility index (Phi) is 6.05. The van der Waals surface area contributed by atoms with Crippen LogP contribution in [0.2, 0.25) is 0 Å². The third kappa shape index (κ3) is 4.18. The smallest absolute Gasteiger partial charge is 0.291 e. The van der Waals surface area contributed by atoms with E-state index in [2.05, 4.69) is 0 Å². The zero-order valence-electron chi connectivity index (χ0n) is 12.6. The summed E-state index contributed by atoms with van der Waals surface area (Å²) in [6.07, 6.45) is 4.22. The van der Waals surface area contributed by atoms with E-state index in [-0.39, 0.29) is 10.5 Å². The number of nitrogens with zero attached hydrogens (tertiary/aromatic N) is 4. The molecule has 0 bridgehead atoms. The van der Waals surface area contributed by atoms with Gasteiger partial charge in [0.2, 0.25) is 0 Å². The molecule has 1 aromatic carbocycles. The number of hydrogen-bond acceptors (Lipinski definition) is 7. The second kappa shape index (κ2) is 8.03. The highest BCUT2D eigenvalue weighted by atomic mass is 32.2. The monoisotopic (exact) mass is 366 g/mol. The van der Waals surface area contributed by atoms with Crippen LogP contribution < -0.4 is 0 Å². The first kappa shape index (κ1) is 18.1. The highest BCUT2D eigenvalue weighted by Gasteiger charge is 2.27. The molecule has 2 rings (SSSR count). The Bertz CT molecular complexity index is 724. The van der Waals surface area contributed by atoms with Gasteiger partial charge in [0.25, 0.3) is 11.4 Å². The van der Waals surface area contributed by atoms with Crippen LogP contribution in [-0.2, 0) is 0 Å². The van der Waals surface area contributed by atoms with Crippen molar-refractivity contribution in [3.8, 4) is 6.07 Å². The average Bonchev–Trinajstić information content (AvgIpc) is 2.83. The molecule has 0 radical (unpaired) electrons. The van der Waals surface area contributed by atoms with Crippen molar-refractivity contribution in [3.05, 3.63) is 37.9 Å². The van der Waals surface area contributed by atoms with Crippen LogP contribution in [0.1, 0.15) is 31.2 Å². The van der Waals surface area contributed by atoms with Gasteiger partial charge in [0.1, 0.15) is 15.3 Å². The van der Waals surface area contributed by atoms with Crippen LogP contribution in [0.15, 0.2) is 17.0 Å². The lowest BCUT2D eigenvalue weighted by Gasteiger charge is -2.22. The topological polar surface area (TPSA) is 113 Å². The molecule has 126 valence electrons.